The number of thiophene rings is 1. The van der Waals surface area contributed by atoms with Crippen LogP contribution in [0.25, 0.3) is 10.1 Å². The van der Waals surface area contributed by atoms with Gasteiger partial charge in [-0.05, 0) is 23.6 Å². The Morgan fingerprint density at radius 3 is 2.85 bits per heavy atom. The maximum Gasteiger partial charge on any atom is 0.132 e. The number of thiol groups is 1. The number of fused-ring (bicyclic) bond motifs is 1. The molecule has 0 aliphatic carbocycles. The summed E-state index contributed by atoms with van der Waals surface area (Å²) in [6.45, 7) is 0. The van der Waals surface area contributed by atoms with E-state index in [-0.39, 0.29) is 0 Å². The average molecular weight is 211 g/mol. The Labute approximate surface area is 85.7 Å². The van der Waals surface area contributed by atoms with Gasteiger partial charge in [0, 0.05) is 9.60 Å². The van der Waals surface area contributed by atoms with Crippen molar-refractivity contribution < 1.29 is 4.74 Å². The predicted molar refractivity (Wildman–Crippen MR) is 60.0 cm³/mol. The lowest BCUT2D eigenvalue weighted by Gasteiger charge is -2.02. The van der Waals surface area contributed by atoms with Crippen LogP contribution in [0, 0.1) is 0 Å². The second-order valence-electron chi connectivity index (χ2n) is 2.71. The summed E-state index contributed by atoms with van der Waals surface area (Å²) < 4.78 is 6.29. The van der Waals surface area contributed by atoms with Crippen LogP contribution >= 0.6 is 24.0 Å². The van der Waals surface area contributed by atoms with E-state index in [4.69, 9.17) is 10.5 Å². The van der Waals surface area contributed by atoms with Crippen molar-refractivity contribution in [2.45, 2.75) is 4.90 Å². The minimum atomic E-state index is 0.786. The normalized spacial score (nSPS) is 10.6. The largest absolute Gasteiger partial charge is 0.496 e. The Morgan fingerprint density at radius 1 is 1.38 bits per heavy atom. The van der Waals surface area contributed by atoms with Crippen LogP contribution in [0.5, 0.6) is 5.75 Å². The van der Waals surface area contributed by atoms with E-state index in [1.807, 2.05) is 18.2 Å². The number of ether oxygens (including phenoxy) is 1. The van der Waals surface area contributed by atoms with Gasteiger partial charge < -0.3 is 10.5 Å². The molecule has 0 spiro atoms. The molecule has 1 aromatic heterocycles. The number of hydrogen-bond donors (Lipinski definition) is 2. The molecular formula is C9H9NOS2. The van der Waals surface area contributed by atoms with E-state index in [0.717, 1.165) is 25.7 Å². The number of benzene rings is 1. The van der Waals surface area contributed by atoms with Crippen LogP contribution in [0.4, 0.5) is 5.00 Å². The molecule has 2 rings (SSSR count). The average Bonchev–Trinajstić information content (AvgIpc) is 2.42. The van der Waals surface area contributed by atoms with Gasteiger partial charge in [-0.25, -0.2) is 0 Å². The van der Waals surface area contributed by atoms with Gasteiger partial charge in [-0.3, -0.25) is 0 Å². The highest BCUT2D eigenvalue weighted by molar-refractivity contribution is 7.80. The van der Waals surface area contributed by atoms with Crippen molar-refractivity contribution in [1.82, 2.24) is 0 Å². The zero-order valence-corrected chi connectivity index (χ0v) is 8.78. The Morgan fingerprint density at radius 2 is 2.15 bits per heavy atom. The molecule has 0 radical (unpaired) electrons. The molecule has 2 N–H and O–H groups in total. The van der Waals surface area contributed by atoms with Crippen LogP contribution in [-0.4, -0.2) is 7.11 Å². The van der Waals surface area contributed by atoms with Crippen LogP contribution in [0.15, 0.2) is 23.1 Å². The highest BCUT2D eigenvalue weighted by Gasteiger charge is 2.04. The molecule has 2 nitrogen and oxygen atoms in total. The van der Waals surface area contributed by atoms with Gasteiger partial charge in [0.05, 0.1) is 12.1 Å². The standard InChI is InChI=1S/C9H9NOS2/c1-11-6-2-5-3-9(10)13-8(5)4-7(6)12/h2-4,12H,10H2,1H3. The van der Waals surface area contributed by atoms with Crippen LogP contribution in [-0.2, 0) is 0 Å². The summed E-state index contributed by atoms with van der Waals surface area (Å²) in [5.74, 6) is 0.786. The van der Waals surface area contributed by atoms with Gasteiger partial charge in [0.2, 0.25) is 0 Å². The molecule has 4 heteroatoms. The summed E-state index contributed by atoms with van der Waals surface area (Å²) in [5, 5.41) is 1.92. The molecule has 13 heavy (non-hydrogen) atoms. The van der Waals surface area contributed by atoms with E-state index < -0.39 is 0 Å². The number of anilines is 1. The monoisotopic (exact) mass is 211 g/mol. The summed E-state index contributed by atoms with van der Waals surface area (Å²) in [6, 6.07) is 5.86. The van der Waals surface area contributed by atoms with Gasteiger partial charge >= 0.3 is 0 Å². The van der Waals surface area contributed by atoms with Gasteiger partial charge in [0.25, 0.3) is 0 Å². The second kappa shape index (κ2) is 3.12. The highest BCUT2D eigenvalue weighted by Crippen LogP contribution is 2.34. The molecule has 0 aliphatic rings. The molecule has 68 valence electrons. The molecule has 1 aromatic carbocycles. The van der Waals surface area contributed by atoms with Crippen molar-refractivity contribution >= 4 is 39.1 Å². The Hall–Kier alpha value is -0.870. The lowest BCUT2D eigenvalue weighted by Crippen LogP contribution is -1.83. The maximum absolute atomic E-state index is 5.68. The van der Waals surface area contributed by atoms with Gasteiger partial charge in [-0.2, -0.15) is 0 Å². The predicted octanol–water partition coefficient (Wildman–Crippen LogP) is 2.78. The first-order valence-electron chi connectivity index (χ1n) is 3.76. The first-order valence-corrected chi connectivity index (χ1v) is 5.03. The molecule has 0 aliphatic heterocycles. The van der Waals surface area contributed by atoms with E-state index in [1.54, 1.807) is 18.4 Å². The summed E-state index contributed by atoms with van der Waals surface area (Å²) >= 11 is 5.86. The fraction of sp³-hybridized carbons (Fsp3) is 0.111. The third kappa shape index (κ3) is 1.47. The first kappa shape index (κ1) is 8.72. The molecule has 2 aromatic rings. The SMILES string of the molecule is COc1cc2cc(N)sc2cc1S. The summed E-state index contributed by atoms with van der Waals surface area (Å²) in [6.07, 6.45) is 0. The Bertz CT molecular complexity index is 450. The van der Waals surface area contributed by atoms with E-state index >= 15 is 0 Å². The molecule has 0 amide bonds. The molecule has 0 atom stereocenters. The highest BCUT2D eigenvalue weighted by atomic mass is 32.1. The van der Waals surface area contributed by atoms with Crippen molar-refractivity contribution in [1.29, 1.82) is 0 Å². The quantitative estimate of drug-likeness (QED) is 0.711. The zero-order chi connectivity index (χ0) is 9.42. The summed E-state index contributed by atoms with van der Waals surface area (Å²) in [5.41, 5.74) is 5.68. The third-order valence-corrected chi connectivity index (χ3v) is 3.11. The molecule has 0 bridgehead atoms. The van der Waals surface area contributed by atoms with Crippen molar-refractivity contribution in [2.24, 2.45) is 0 Å². The third-order valence-electron chi connectivity index (χ3n) is 1.84. The molecule has 0 saturated carbocycles. The summed E-state index contributed by atoms with van der Waals surface area (Å²) in [7, 11) is 1.64. The van der Waals surface area contributed by atoms with Crippen molar-refractivity contribution in [3.8, 4) is 5.75 Å². The minimum Gasteiger partial charge on any atom is -0.496 e. The van der Waals surface area contributed by atoms with E-state index in [2.05, 4.69) is 12.6 Å². The summed E-state index contributed by atoms with van der Waals surface area (Å²) in [4.78, 5) is 0.844. The van der Waals surface area contributed by atoms with Gasteiger partial charge in [0.1, 0.15) is 5.75 Å². The minimum absolute atomic E-state index is 0.786. The van der Waals surface area contributed by atoms with Crippen LogP contribution in [0.3, 0.4) is 0 Å². The lowest BCUT2D eigenvalue weighted by molar-refractivity contribution is 0.406. The molecule has 1 heterocycles. The molecule has 0 unspecified atom stereocenters. The second-order valence-corrected chi connectivity index (χ2v) is 4.31. The van der Waals surface area contributed by atoms with Gasteiger partial charge in [0.15, 0.2) is 0 Å². The van der Waals surface area contributed by atoms with Crippen LogP contribution in [0.2, 0.25) is 0 Å². The number of rotatable bonds is 1. The number of hydrogen-bond acceptors (Lipinski definition) is 4. The maximum atomic E-state index is 5.68. The molecular weight excluding hydrogens is 202 g/mol. The Balaban J connectivity index is 2.72. The van der Waals surface area contributed by atoms with E-state index in [1.165, 1.54) is 0 Å². The van der Waals surface area contributed by atoms with Gasteiger partial charge in [-0.15, -0.1) is 24.0 Å². The van der Waals surface area contributed by atoms with Crippen molar-refractivity contribution in [2.75, 3.05) is 12.8 Å². The lowest BCUT2D eigenvalue weighted by atomic mass is 10.2. The van der Waals surface area contributed by atoms with Crippen molar-refractivity contribution in [3.05, 3.63) is 18.2 Å². The molecule has 0 fully saturated rings. The first-order chi connectivity index (χ1) is 6.20. The number of nitrogen functional groups attached to an aromatic ring is 1. The number of nitrogens with two attached hydrogens (primary N) is 1. The number of methoxy groups -OCH3 is 1. The van der Waals surface area contributed by atoms with E-state index in [9.17, 15) is 0 Å². The fourth-order valence-corrected chi connectivity index (χ4v) is 2.46. The molecule has 0 saturated heterocycles. The van der Waals surface area contributed by atoms with Crippen molar-refractivity contribution in [3.63, 3.8) is 0 Å². The topological polar surface area (TPSA) is 35.2 Å². The van der Waals surface area contributed by atoms with E-state index in [0.29, 0.717) is 0 Å². The van der Waals surface area contributed by atoms with Gasteiger partial charge in [-0.1, -0.05) is 0 Å². The zero-order valence-electron chi connectivity index (χ0n) is 7.07. The van der Waals surface area contributed by atoms with Crippen LogP contribution < -0.4 is 10.5 Å². The Kier molecular flexibility index (Phi) is 2.09. The smallest absolute Gasteiger partial charge is 0.132 e. The fourth-order valence-electron chi connectivity index (χ4n) is 1.24. The van der Waals surface area contributed by atoms with Crippen LogP contribution in [0.1, 0.15) is 0 Å².